The van der Waals surface area contributed by atoms with Gasteiger partial charge in [-0.05, 0) is 18.2 Å². The molecule has 20 heavy (non-hydrogen) atoms. The number of anilines is 1. The minimum atomic E-state index is -3.17. The summed E-state index contributed by atoms with van der Waals surface area (Å²) in [5, 5.41) is 22.8. The molecule has 1 aromatic carbocycles. The predicted octanol–water partition coefficient (Wildman–Crippen LogP) is 0.257. The van der Waals surface area contributed by atoms with Gasteiger partial charge < -0.3 is 20.8 Å². The molecule has 0 radical (unpaired) electrons. The Morgan fingerprint density at radius 3 is 2.45 bits per heavy atom. The zero-order valence-electron chi connectivity index (χ0n) is 10.6. The molecule has 0 unspecified atom stereocenters. The maximum Gasteiger partial charge on any atom is 0.335 e. The molecule has 0 bridgehead atoms. The first-order valence-electron chi connectivity index (χ1n) is 5.48. The molecule has 0 atom stereocenters. The van der Waals surface area contributed by atoms with Crippen molar-refractivity contribution in [2.45, 2.75) is 0 Å². The molecule has 0 fully saturated rings. The Bertz CT molecular complexity index is 626. The lowest BCUT2D eigenvalue weighted by Gasteiger charge is -2.09. The highest BCUT2D eigenvalue weighted by molar-refractivity contribution is 7.90. The molecule has 1 rings (SSSR count). The number of carboxylic acids is 1. The number of rotatable bonds is 5. The number of carbonyl (C=O) groups is 2. The number of nitrogens with one attached hydrogen (secondary N) is 2. The van der Waals surface area contributed by atoms with Crippen molar-refractivity contribution in [1.29, 1.82) is 0 Å². The number of carbonyl (C=O) groups excluding carboxylic acids is 1. The van der Waals surface area contributed by atoms with Crippen molar-refractivity contribution in [2.24, 2.45) is 0 Å². The summed E-state index contributed by atoms with van der Waals surface area (Å²) in [5.74, 6) is -1.81. The fraction of sp³-hybridized carbons (Fsp3) is 0.273. The van der Waals surface area contributed by atoms with E-state index in [9.17, 15) is 23.1 Å². The summed E-state index contributed by atoms with van der Waals surface area (Å²) >= 11 is 0. The van der Waals surface area contributed by atoms with Gasteiger partial charge in [0.25, 0.3) is 0 Å². The minimum Gasteiger partial charge on any atom is -0.506 e. The minimum absolute atomic E-state index is 0.0202. The van der Waals surface area contributed by atoms with Gasteiger partial charge in [-0.15, -0.1) is 0 Å². The normalized spacial score (nSPS) is 10.8. The number of amides is 2. The Hall–Kier alpha value is -2.29. The average molecular weight is 302 g/mol. The molecular formula is C11H14N2O6S. The van der Waals surface area contributed by atoms with Crippen LogP contribution in [0.2, 0.25) is 0 Å². The van der Waals surface area contributed by atoms with Crippen molar-refractivity contribution in [2.75, 3.05) is 23.9 Å². The molecule has 8 nitrogen and oxygen atoms in total. The summed E-state index contributed by atoms with van der Waals surface area (Å²) in [6.07, 6.45) is 1.04. The first-order chi connectivity index (χ1) is 9.19. The molecule has 9 heteroatoms. The zero-order valence-corrected chi connectivity index (χ0v) is 11.4. The van der Waals surface area contributed by atoms with Gasteiger partial charge in [-0.1, -0.05) is 0 Å². The molecule has 110 valence electrons. The second-order valence-corrected chi connectivity index (χ2v) is 6.31. The van der Waals surface area contributed by atoms with Crippen molar-refractivity contribution < 1.29 is 28.2 Å². The smallest absolute Gasteiger partial charge is 0.335 e. The van der Waals surface area contributed by atoms with Crippen LogP contribution in [0.1, 0.15) is 10.4 Å². The van der Waals surface area contributed by atoms with Crippen molar-refractivity contribution in [1.82, 2.24) is 5.32 Å². The van der Waals surface area contributed by atoms with Crippen molar-refractivity contribution >= 4 is 27.5 Å². The van der Waals surface area contributed by atoms with Gasteiger partial charge in [0.15, 0.2) is 0 Å². The highest BCUT2D eigenvalue weighted by atomic mass is 32.2. The average Bonchev–Trinajstić information content (AvgIpc) is 2.29. The van der Waals surface area contributed by atoms with Crippen molar-refractivity contribution in [3.8, 4) is 5.75 Å². The van der Waals surface area contributed by atoms with E-state index in [2.05, 4.69) is 10.6 Å². The highest BCUT2D eigenvalue weighted by Gasteiger charge is 2.10. The fourth-order valence-electron chi connectivity index (χ4n) is 1.29. The van der Waals surface area contributed by atoms with Crippen LogP contribution in [-0.4, -0.2) is 49.2 Å². The van der Waals surface area contributed by atoms with Gasteiger partial charge in [-0.2, -0.15) is 0 Å². The summed E-state index contributed by atoms with van der Waals surface area (Å²) < 4.78 is 21.7. The van der Waals surface area contributed by atoms with Crippen LogP contribution >= 0.6 is 0 Å². The van der Waals surface area contributed by atoms with E-state index in [-0.39, 0.29) is 23.5 Å². The topological polar surface area (TPSA) is 133 Å². The quantitative estimate of drug-likeness (QED) is 0.576. The van der Waals surface area contributed by atoms with Gasteiger partial charge in [-0.3, -0.25) is 0 Å². The van der Waals surface area contributed by atoms with Crippen LogP contribution in [-0.2, 0) is 9.84 Å². The van der Waals surface area contributed by atoms with Gasteiger partial charge in [0.2, 0.25) is 0 Å². The van der Waals surface area contributed by atoms with Crippen LogP contribution < -0.4 is 10.6 Å². The van der Waals surface area contributed by atoms with Crippen LogP contribution in [0.3, 0.4) is 0 Å². The molecule has 4 N–H and O–H groups in total. The molecule has 0 aromatic heterocycles. The Labute approximate surface area is 115 Å². The summed E-state index contributed by atoms with van der Waals surface area (Å²) in [5.41, 5.74) is -0.0996. The lowest BCUT2D eigenvalue weighted by Crippen LogP contribution is -2.32. The number of aromatic carboxylic acids is 1. The summed E-state index contributed by atoms with van der Waals surface area (Å²) in [6.45, 7) is -0.0708. The summed E-state index contributed by atoms with van der Waals surface area (Å²) in [6, 6.07) is 2.74. The number of carboxylic acid groups (broad SMARTS) is 1. The molecule has 0 saturated heterocycles. The van der Waals surface area contributed by atoms with E-state index in [1.165, 1.54) is 12.1 Å². The van der Waals surface area contributed by atoms with Crippen LogP contribution in [0.25, 0.3) is 0 Å². The molecule has 0 heterocycles. The fourth-order valence-corrected chi connectivity index (χ4v) is 1.76. The van der Waals surface area contributed by atoms with Crippen LogP contribution in [0, 0.1) is 0 Å². The number of phenolic OH excluding ortho intramolecular Hbond substituents is 1. The maximum atomic E-state index is 11.4. The number of hydrogen-bond donors (Lipinski definition) is 4. The third kappa shape index (κ3) is 5.14. The van der Waals surface area contributed by atoms with Gasteiger partial charge in [0.05, 0.1) is 17.0 Å². The van der Waals surface area contributed by atoms with Gasteiger partial charge in [0, 0.05) is 12.8 Å². The molecule has 0 aliphatic carbocycles. The Morgan fingerprint density at radius 1 is 1.30 bits per heavy atom. The largest absolute Gasteiger partial charge is 0.506 e. The van der Waals surface area contributed by atoms with Crippen LogP contribution in [0.4, 0.5) is 10.5 Å². The predicted molar refractivity (Wildman–Crippen MR) is 71.8 cm³/mol. The Kier molecular flexibility index (Phi) is 4.92. The van der Waals surface area contributed by atoms with E-state index in [0.717, 1.165) is 12.3 Å². The Balaban J connectivity index is 2.60. The first-order valence-corrected chi connectivity index (χ1v) is 7.54. The molecule has 2 amide bonds. The molecule has 0 aliphatic rings. The molecule has 1 aromatic rings. The number of urea groups is 1. The van der Waals surface area contributed by atoms with Crippen LogP contribution in [0.15, 0.2) is 18.2 Å². The standard InChI is InChI=1S/C11H14N2O6S/c1-20(18,19)5-4-12-11(17)13-8-3-2-7(10(15)16)6-9(8)14/h2-3,6,14H,4-5H2,1H3,(H,15,16)(H2,12,13,17). The zero-order chi connectivity index (χ0) is 15.3. The monoisotopic (exact) mass is 302 g/mol. The van der Waals surface area contributed by atoms with E-state index < -0.39 is 27.6 Å². The van der Waals surface area contributed by atoms with Gasteiger partial charge >= 0.3 is 12.0 Å². The van der Waals surface area contributed by atoms with E-state index in [1.807, 2.05) is 0 Å². The van der Waals surface area contributed by atoms with Crippen LogP contribution in [0.5, 0.6) is 5.75 Å². The summed E-state index contributed by atoms with van der Waals surface area (Å²) in [7, 11) is -3.17. The number of sulfone groups is 1. The molecule has 0 aliphatic heterocycles. The Morgan fingerprint density at radius 2 is 1.95 bits per heavy atom. The highest BCUT2D eigenvalue weighted by Crippen LogP contribution is 2.24. The lowest BCUT2D eigenvalue weighted by molar-refractivity contribution is 0.0696. The van der Waals surface area contributed by atoms with Crippen molar-refractivity contribution in [3.63, 3.8) is 0 Å². The SMILES string of the molecule is CS(=O)(=O)CCNC(=O)Nc1ccc(C(=O)O)cc1O. The third-order valence-corrected chi connectivity index (χ3v) is 3.20. The molecule has 0 saturated carbocycles. The number of phenols is 1. The molecule has 0 spiro atoms. The summed E-state index contributed by atoms with van der Waals surface area (Å²) in [4.78, 5) is 22.1. The second kappa shape index (κ2) is 6.24. The van der Waals surface area contributed by atoms with E-state index in [1.54, 1.807) is 0 Å². The van der Waals surface area contributed by atoms with E-state index in [4.69, 9.17) is 5.11 Å². The number of benzene rings is 1. The second-order valence-electron chi connectivity index (χ2n) is 4.05. The first kappa shape index (κ1) is 15.8. The van der Waals surface area contributed by atoms with Gasteiger partial charge in [0.1, 0.15) is 15.6 Å². The van der Waals surface area contributed by atoms with E-state index in [0.29, 0.717) is 0 Å². The molecular weight excluding hydrogens is 288 g/mol. The van der Waals surface area contributed by atoms with Gasteiger partial charge in [-0.25, -0.2) is 18.0 Å². The van der Waals surface area contributed by atoms with E-state index >= 15 is 0 Å². The number of aromatic hydroxyl groups is 1. The maximum absolute atomic E-state index is 11.4. The lowest BCUT2D eigenvalue weighted by atomic mass is 10.2. The third-order valence-electron chi connectivity index (χ3n) is 2.25. The van der Waals surface area contributed by atoms with Crippen molar-refractivity contribution in [3.05, 3.63) is 23.8 Å². The number of hydrogen-bond acceptors (Lipinski definition) is 5.